The van der Waals surface area contributed by atoms with Crippen LogP contribution in [0.2, 0.25) is 0 Å². The average molecular weight is 305 g/mol. The van der Waals surface area contributed by atoms with Gasteiger partial charge in [-0.3, -0.25) is 18.7 Å². The molecule has 1 amide bonds. The van der Waals surface area contributed by atoms with E-state index in [2.05, 4.69) is 5.32 Å². The highest BCUT2D eigenvalue weighted by Crippen LogP contribution is 2.11. The minimum atomic E-state index is -0.896. The van der Waals surface area contributed by atoms with Gasteiger partial charge < -0.3 is 10.4 Å². The number of hydrogen-bond acceptors (Lipinski definition) is 3. The largest absolute Gasteiger partial charge is 0.481 e. The molecule has 1 heterocycles. The maximum Gasteiger partial charge on any atom is 0.329 e. The fourth-order valence-electron chi connectivity index (χ4n) is 2.37. The number of rotatable bonds is 6. The van der Waals surface area contributed by atoms with Crippen LogP contribution in [0.4, 0.5) is 0 Å². The molecule has 0 radical (unpaired) electrons. The number of carbonyl (C=O) groups excluding carboxylic acids is 1. The normalized spacial score (nSPS) is 12.3. The number of aliphatic carboxylic acids is 1. The van der Waals surface area contributed by atoms with Gasteiger partial charge in [0.1, 0.15) is 6.54 Å². The first-order valence-corrected chi connectivity index (χ1v) is 7.03. The Morgan fingerprint density at radius 1 is 1.27 bits per heavy atom. The summed E-state index contributed by atoms with van der Waals surface area (Å²) in [6.07, 6.45) is -0.00546. The SMILES string of the molecule is CC(CNC(=O)Cn1c(=O)n(C)c2ccccc21)CC(=O)O. The van der Waals surface area contributed by atoms with Crippen molar-refractivity contribution in [1.29, 1.82) is 0 Å². The Labute approximate surface area is 127 Å². The molecular formula is C15H19N3O4. The lowest BCUT2D eigenvalue weighted by Gasteiger charge is -2.10. The summed E-state index contributed by atoms with van der Waals surface area (Å²) >= 11 is 0. The molecule has 0 aliphatic heterocycles. The third-order valence-corrected chi connectivity index (χ3v) is 3.52. The van der Waals surface area contributed by atoms with Crippen LogP contribution in [0.5, 0.6) is 0 Å². The highest BCUT2D eigenvalue weighted by molar-refractivity contribution is 5.80. The van der Waals surface area contributed by atoms with Crippen molar-refractivity contribution in [3.8, 4) is 0 Å². The third kappa shape index (κ3) is 3.36. The zero-order chi connectivity index (χ0) is 16.3. The number of carbonyl (C=O) groups is 2. The molecule has 0 bridgehead atoms. The van der Waals surface area contributed by atoms with Crippen molar-refractivity contribution in [2.24, 2.45) is 13.0 Å². The van der Waals surface area contributed by atoms with Crippen molar-refractivity contribution in [3.63, 3.8) is 0 Å². The summed E-state index contributed by atoms with van der Waals surface area (Å²) in [6, 6.07) is 7.25. The molecule has 0 saturated heterocycles. The molecule has 2 aromatic rings. The van der Waals surface area contributed by atoms with Gasteiger partial charge in [-0.2, -0.15) is 0 Å². The van der Waals surface area contributed by atoms with E-state index in [1.807, 2.05) is 18.2 Å². The van der Waals surface area contributed by atoms with E-state index in [1.54, 1.807) is 20.0 Å². The summed E-state index contributed by atoms with van der Waals surface area (Å²) in [6.45, 7) is 1.93. The number of benzene rings is 1. The summed E-state index contributed by atoms with van der Waals surface area (Å²) in [5.74, 6) is -1.37. The number of nitrogens with one attached hydrogen (secondary N) is 1. The third-order valence-electron chi connectivity index (χ3n) is 3.52. The molecule has 0 fully saturated rings. The van der Waals surface area contributed by atoms with E-state index in [-0.39, 0.29) is 37.0 Å². The maximum atomic E-state index is 12.2. The van der Waals surface area contributed by atoms with Crippen molar-refractivity contribution in [1.82, 2.24) is 14.5 Å². The van der Waals surface area contributed by atoms with E-state index in [0.717, 1.165) is 5.52 Å². The number of nitrogens with zero attached hydrogens (tertiary/aromatic N) is 2. The average Bonchev–Trinajstić information content (AvgIpc) is 2.70. The van der Waals surface area contributed by atoms with E-state index in [1.165, 1.54) is 9.13 Å². The lowest BCUT2D eigenvalue weighted by molar-refractivity contribution is -0.138. The Hall–Kier alpha value is -2.57. The molecule has 1 aromatic carbocycles. The van der Waals surface area contributed by atoms with Crippen molar-refractivity contribution in [2.45, 2.75) is 19.9 Å². The number of carboxylic acid groups (broad SMARTS) is 1. The maximum absolute atomic E-state index is 12.2. The molecule has 2 rings (SSSR count). The Morgan fingerprint density at radius 2 is 1.91 bits per heavy atom. The molecule has 1 atom stereocenters. The topological polar surface area (TPSA) is 93.3 Å². The van der Waals surface area contributed by atoms with Crippen LogP contribution in [0, 0.1) is 5.92 Å². The van der Waals surface area contributed by atoms with E-state index < -0.39 is 5.97 Å². The van der Waals surface area contributed by atoms with Crippen LogP contribution in [0.3, 0.4) is 0 Å². The number of imidazole rings is 1. The highest BCUT2D eigenvalue weighted by Gasteiger charge is 2.14. The van der Waals surface area contributed by atoms with Crippen LogP contribution < -0.4 is 11.0 Å². The van der Waals surface area contributed by atoms with Gasteiger partial charge in [0, 0.05) is 20.0 Å². The van der Waals surface area contributed by atoms with Crippen LogP contribution in [-0.4, -0.2) is 32.7 Å². The second-order valence-corrected chi connectivity index (χ2v) is 5.42. The number of carboxylic acids is 1. The molecular weight excluding hydrogens is 286 g/mol. The number of para-hydroxylation sites is 2. The van der Waals surface area contributed by atoms with E-state index in [0.29, 0.717) is 5.52 Å². The van der Waals surface area contributed by atoms with Crippen LogP contribution >= 0.6 is 0 Å². The number of fused-ring (bicyclic) bond motifs is 1. The minimum absolute atomic E-state index is 0.00546. The van der Waals surface area contributed by atoms with Gasteiger partial charge in [-0.15, -0.1) is 0 Å². The summed E-state index contributed by atoms with van der Waals surface area (Å²) in [5.41, 5.74) is 1.21. The molecule has 0 saturated carbocycles. The van der Waals surface area contributed by atoms with Crippen molar-refractivity contribution >= 4 is 22.9 Å². The van der Waals surface area contributed by atoms with Gasteiger partial charge in [0.15, 0.2) is 0 Å². The second-order valence-electron chi connectivity index (χ2n) is 5.42. The lowest BCUT2D eigenvalue weighted by atomic mass is 10.1. The molecule has 7 nitrogen and oxygen atoms in total. The van der Waals surface area contributed by atoms with Crippen LogP contribution in [-0.2, 0) is 23.2 Å². The molecule has 2 N–H and O–H groups in total. The molecule has 0 aliphatic rings. The summed E-state index contributed by atoms with van der Waals surface area (Å²) < 4.78 is 2.90. The zero-order valence-electron chi connectivity index (χ0n) is 12.6. The van der Waals surface area contributed by atoms with Gasteiger partial charge in [-0.25, -0.2) is 4.79 Å². The van der Waals surface area contributed by atoms with Crippen molar-refractivity contribution in [2.75, 3.05) is 6.54 Å². The van der Waals surface area contributed by atoms with Gasteiger partial charge in [0.25, 0.3) is 0 Å². The first kappa shape index (κ1) is 15.8. The number of amides is 1. The predicted octanol–water partition coefficient (Wildman–Crippen LogP) is 0.567. The van der Waals surface area contributed by atoms with Crippen LogP contribution in [0.25, 0.3) is 11.0 Å². The van der Waals surface area contributed by atoms with Crippen LogP contribution in [0.15, 0.2) is 29.1 Å². The molecule has 0 aliphatic carbocycles. The molecule has 1 aromatic heterocycles. The van der Waals surface area contributed by atoms with E-state index >= 15 is 0 Å². The summed E-state index contributed by atoms with van der Waals surface area (Å²) in [4.78, 5) is 34.7. The fraction of sp³-hybridized carbons (Fsp3) is 0.400. The van der Waals surface area contributed by atoms with E-state index in [4.69, 9.17) is 5.11 Å². The smallest absolute Gasteiger partial charge is 0.329 e. The molecule has 1 unspecified atom stereocenters. The minimum Gasteiger partial charge on any atom is -0.481 e. The first-order valence-electron chi connectivity index (χ1n) is 7.03. The van der Waals surface area contributed by atoms with Gasteiger partial charge in [0.2, 0.25) is 5.91 Å². The molecule has 118 valence electrons. The Kier molecular flexibility index (Phi) is 4.65. The van der Waals surface area contributed by atoms with Gasteiger partial charge in [0.05, 0.1) is 11.0 Å². The Bertz CT molecular complexity index is 760. The summed E-state index contributed by atoms with van der Waals surface area (Å²) in [5, 5.41) is 11.3. The standard InChI is InChI=1S/C15H19N3O4/c1-10(7-14(20)21)8-16-13(19)9-18-12-6-4-3-5-11(12)17(2)15(18)22/h3-6,10H,7-9H2,1-2H3,(H,16,19)(H,20,21). The van der Waals surface area contributed by atoms with Crippen LogP contribution in [0.1, 0.15) is 13.3 Å². The van der Waals surface area contributed by atoms with Crippen molar-refractivity contribution in [3.05, 3.63) is 34.7 Å². The zero-order valence-corrected chi connectivity index (χ0v) is 12.6. The van der Waals surface area contributed by atoms with Gasteiger partial charge >= 0.3 is 11.7 Å². The number of hydrogen-bond donors (Lipinski definition) is 2. The summed E-state index contributed by atoms with van der Waals surface area (Å²) in [7, 11) is 1.66. The molecule has 7 heteroatoms. The second kappa shape index (κ2) is 6.46. The Morgan fingerprint density at radius 3 is 2.55 bits per heavy atom. The predicted molar refractivity (Wildman–Crippen MR) is 81.6 cm³/mol. The fourth-order valence-corrected chi connectivity index (χ4v) is 2.37. The molecule has 22 heavy (non-hydrogen) atoms. The molecule has 0 spiro atoms. The quantitative estimate of drug-likeness (QED) is 0.816. The Balaban J connectivity index is 2.08. The number of aryl methyl sites for hydroxylation is 1. The highest BCUT2D eigenvalue weighted by atomic mass is 16.4. The van der Waals surface area contributed by atoms with Gasteiger partial charge in [-0.05, 0) is 18.1 Å². The van der Waals surface area contributed by atoms with Crippen molar-refractivity contribution < 1.29 is 14.7 Å². The lowest BCUT2D eigenvalue weighted by Crippen LogP contribution is -2.35. The van der Waals surface area contributed by atoms with E-state index in [9.17, 15) is 14.4 Å². The monoisotopic (exact) mass is 305 g/mol. The van der Waals surface area contributed by atoms with Gasteiger partial charge in [-0.1, -0.05) is 19.1 Å². The number of aromatic nitrogens is 2. The first-order chi connectivity index (χ1) is 10.4.